The molecule has 0 atom stereocenters. The quantitative estimate of drug-likeness (QED) is 0.444. The molecular formula is C26H36ClN5O2. The van der Waals surface area contributed by atoms with Crippen molar-refractivity contribution in [3.05, 3.63) is 47.5 Å². The Balaban J connectivity index is 0.000000868. The number of benzene rings is 1. The van der Waals surface area contributed by atoms with Gasteiger partial charge in [-0.1, -0.05) is 24.1 Å². The molecule has 0 bridgehead atoms. The van der Waals surface area contributed by atoms with Gasteiger partial charge in [0.2, 0.25) is 0 Å². The Morgan fingerprint density at radius 2 is 1.88 bits per heavy atom. The van der Waals surface area contributed by atoms with Crippen molar-refractivity contribution in [1.29, 1.82) is 0 Å². The van der Waals surface area contributed by atoms with Gasteiger partial charge in [-0.05, 0) is 58.1 Å². The predicted molar refractivity (Wildman–Crippen MR) is 138 cm³/mol. The van der Waals surface area contributed by atoms with Gasteiger partial charge < -0.3 is 15.2 Å². The van der Waals surface area contributed by atoms with Crippen LogP contribution in [0.5, 0.6) is 0 Å². The minimum Gasteiger partial charge on any atom is -0.397 e. The van der Waals surface area contributed by atoms with Crippen molar-refractivity contribution in [2.75, 3.05) is 19.0 Å². The molecular weight excluding hydrogens is 450 g/mol. The zero-order chi connectivity index (χ0) is 24.3. The number of nitrogens with zero attached hydrogens (tertiary/aromatic N) is 4. The lowest BCUT2D eigenvalue weighted by atomic mass is 9.64. The van der Waals surface area contributed by atoms with Crippen LogP contribution in [0.4, 0.5) is 5.69 Å². The summed E-state index contributed by atoms with van der Waals surface area (Å²) in [5, 5.41) is 22.0. The maximum absolute atomic E-state index is 7.57. The highest BCUT2D eigenvalue weighted by atomic mass is 35.5. The number of fused-ring (bicyclic) bond motifs is 1. The Hall–Kier alpha value is -2.35. The third kappa shape index (κ3) is 4.74. The van der Waals surface area contributed by atoms with Crippen LogP contribution in [0, 0.1) is 0 Å². The Bertz CT molecular complexity index is 1150. The lowest BCUT2D eigenvalue weighted by molar-refractivity contribution is -0.142. The standard InChI is InChI=1S/C24H30ClN5O.C2H6O/c1-4-24(31-3)15-23(2,16-24)29-14-19(13-27-29)30-22-10-21(20(25)9-18(22)12-28-30)26-11-17-7-5-6-8-17;1-2-3/h9-14,26H,4-8,15-16H2,1-3H3;3H,2H2,1H3. The van der Waals surface area contributed by atoms with Crippen molar-refractivity contribution in [2.24, 2.45) is 0 Å². The first-order valence-corrected chi connectivity index (χ1v) is 12.6. The number of halogens is 1. The molecule has 2 aliphatic rings. The van der Waals surface area contributed by atoms with Gasteiger partial charge in [0, 0.05) is 38.1 Å². The first-order chi connectivity index (χ1) is 16.4. The molecule has 0 amide bonds. The lowest BCUT2D eigenvalue weighted by Gasteiger charge is -2.53. The van der Waals surface area contributed by atoms with Crippen LogP contribution >= 0.6 is 11.6 Å². The van der Waals surface area contributed by atoms with Crippen LogP contribution in [0.3, 0.4) is 0 Å². The van der Waals surface area contributed by atoms with Gasteiger partial charge >= 0.3 is 0 Å². The van der Waals surface area contributed by atoms with Gasteiger partial charge in [0.1, 0.15) is 5.69 Å². The van der Waals surface area contributed by atoms with E-state index in [1.54, 1.807) is 6.92 Å². The Morgan fingerprint density at radius 3 is 2.53 bits per heavy atom. The summed E-state index contributed by atoms with van der Waals surface area (Å²) in [4.78, 5) is 0. The molecule has 3 aromatic rings. The van der Waals surface area contributed by atoms with Crippen molar-refractivity contribution in [1.82, 2.24) is 19.6 Å². The number of aromatic nitrogens is 4. The maximum atomic E-state index is 7.57. The van der Waals surface area contributed by atoms with Gasteiger partial charge in [-0.3, -0.25) is 4.68 Å². The summed E-state index contributed by atoms with van der Waals surface area (Å²) in [6, 6.07) is 4.05. The molecule has 2 aliphatic carbocycles. The summed E-state index contributed by atoms with van der Waals surface area (Å²) in [6.45, 7) is 6.36. The van der Waals surface area contributed by atoms with E-state index in [-0.39, 0.29) is 17.7 Å². The molecule has 0 radical (unpaired) electrons. The van der Waals surface area contributed by atoms with Crippen molar-refractivity contribution >= 4 is 28.2 Å². The molecule has 8 heteroatoms. The van der Waals surface area contributed by atoms with E-state index < -0.39 is 0 Å². The number of aliphatic hydroxyl groups excluding tert-OH is 1. The number of methoxy groups -OCH3 is 1. The van der Waals surface area contributed by atoms with E-state index >= 15 is 0 Å². The number of nitrogens with one attached hydrogen (secondary N) is 1. The van der Waals surface area contributed by atoms with E-state index in [2.05, 4.69) is 52.5 Å². The SMILES string of the molecule is CCC1(OC)CC(C)(n2cc(-n3ncc4cc(Cl)c(NC=C5CCCC5)cc43)cn2)C1.CCO. The molecule has 5 rings (SSSR count). The summed E-state index contributed by atoms with van der Waals surface area (Å²) in [5.41, 5.74) is 4.27. The minimum absolute atomic E-state index is 0.0234. The number of ether oxygens (including phenoxy) is 1. The second kappa shape index (κ2) is 10.1. The predicted octanol–water partition coefficient (Wildman–Crippen LogP) is 6.05. The van der Waals surface area contributed by atoms with E-state index in [1.807, 2.05) is 30.3 Å². The van der Waals surface area contributed by atoms with Crippen molar-refractivity contribution < 1.29 is 9.84 Å². The Labute approximate surface area is 206 Å². The first kappa shape index (κ1) is 24.8. The van der Waals surface area contributed by atoms with Crippen LogP contribution in [-0.2, 0) is 10.3 Å². The summed E-state index contributed by atoms with van der Waals surface area (Å²) in [7, 11) is 1.81. The zero-order valence-electron chi connectivity index (χ0n) is 20.6. The largest absolute Gasteiger partial charge is 0.397 e. The van der Waals surface area contributed by atoms with E-state index in [9.17, 15) is 0 Å². The molecule has 1 aromatic carbocycles. The molecule has 184 valence electrons. The molecule has 2 N–H and O–H groups in total. The highest BCUT2D eigenvalue weighted by molar-refractivity contribution is 6.34. The molecule has 34 heavy (non-hydrogen) atoms. The molecule has 2 aromatic heterocycles. The molecule has 7 nitrogen and oxygen atoms in total. The Kier molecular flexibility index (Phi) is 7.36. The summed E-state index contributed by atoms with van der Waals surface area (Å²) < 4.78 is 9.79. The minimum atomic E-state index is -0.0310. The molecule has 2 fully saturated rings. The first-order valence-electron chi connectivity index (χ1n) is 12.2. The molecule has 0 saturated heterocycles. The van der Waals surface area contributed by atoms with Crippen LogP contribution in [0.15, 0.2) is 42.5 Å². The second-order valence-electron chi connectivity index (χ2n) is 9.65. The topological polar surface area (TPSA) is 77.1 Å². The molecule has 0 spiro atoms. The van der Waals surface area contributed by atoms with Crippen molar-refractivity contribution in [3.63, 3.8) is 0 Å². The third-order valence-corrected chi connectivity index (χ3v) is 7.50. The number of allylic oxidation sites excluding steroid dienone is 1. The van der Waals surface area contributed by atoms with Gasteiger partial charge in [-0.2, -0.15) is 10.2 Å². The normalized spacial score (nSPS) is 24.0. The average molecular weight is 486 g/mol. The molecule has 2 heterocycles. The van der Waals surface area contributed by atoms with Crippen molar-refractivity contribution in [2.45, 2.75) is 76.9 Å². The number of hydrogen-bond acceptors (Lipinski definition) is 5. The monoisotopic (exact) mass is 485 g/mol. The molecule has 0 aliphatic heterocycles. The van der Waals surface area contributed by atoms with Gasteiger partial charge in [0.25, 0.3) is 0 Å². The van der Waals surface area contributed by atoms with Crippen LogP contribution in [0.25, 0.3) is 16.6 Å². The third-order valence-electron chi connectivity index (χ3n) is 7.18. The van der Waals surface area contributed by atoms with E-state index in [4.69, 9.17) is 21.4 Å². The second-order valence-corrected chi connectivity index (χ2v) is 10.1. The fourth-order valence-electron chi connectivity index (χ4n) is 5.27. The van der Waals surface area contributed by atoms with E-state index in [0.29, 0.717) is 5.02 Å². The van der Waals surface area contributed by atoms with Gasteiger partial charge in [0.05, 0.1) is 46.0 Å². The maximum Gasteiger partial charge on any atom is 0.103 e. The number of hydrogen-bond donors (Lipinski definition) is 2. The van der Waals surface area contributed by atoms with Crippen LogP contribution < -0.4 is 5.32 Å². The van der Waals surface area contributed by atoms with Crippen LogP contribution in [0.2, 0.25) is 5.02 Å². The van der Waals surface area contributed by atoms with Gasteiger partial charge in [-0.25, -0.2) is 4.68 Å². The molecule has 2 saturated carbocycles. The van der Waals surface area contributed by atoms with Gasteiger partial charge in [0.15, 0.2) is 0 Å². The number of aliphatic hydroxyl groups is 1. The average Bonchev–Trinajstić information content (AvgIpc) is 3.56. The fourth-order valence-corrected chi connectivity index (χ4v) is 5.50. The van der Waals surface area contributed by atoms with E-state index in [1.165, 1.54) is 31.3 Å². The highest BCUT2D eigenvalue weighted by Crippen LogP contribution is 2.50. The van der Waals surface area contributed by atoms with Crippen molar-refractivity contribution in [3.8, 4) is 5.69 Å². The van der Waals surface area contributed by atoms with Crippen LogP contribution in [0.1, 0.15) is 65.7 Å². The number of anilines is 1. The van der Waals surface area contributed by atoms with E-state index in [0.717, 1.165) is 41.5 Å². The smallest absolute Gasteiger partial charge is 0.103 e. The molecule has 0 unspecified atom stereocenters. The zero-order valence-corrected chi connectivity index (χ0v) is 21.4. The summed E-state index contributed by atoms with van der Waals surface area (Å²) in [6.07, 6.45) is 15.8. The highest BCUT2D eigenvalue weighted by Gasteiger charge is 2.53. The fraction of sp³-hybridized carbons (Fsp3) is 0.538. The Morgan fingerprint density at radius 1 is 1.18 bits per heavy atom. The number of rotatable bonds is 6. The summed E-state index contributed by atoms with van der Waals surface area (Å²) >= 11 is 6.53. The summed E-state index contributed by atoms with van der Waals surface area (Å²) in [5.74, 6) is 0. The van der Waals surface area contributed by atoms with Gasteiger partial charge in [-0.15, -0.1) is 0 Å². The van der Waals surface area contributed by atoms with Crippen LogP contribution in [-0.4, -0.2) is 44.0 Å². The lowest BCUT2D eigenvalue weighted by Crippen LogP contribution is -2.57.